The molecule has 98 valence electrons. The average Bonchev–Trinajstić information content (AvgIpc) is 2.28. The van der Waals surface area contributed by atoms with E-state index in [4.69, 9.17) is 5.11 Å². The third-order valence-electron chi connectivity index (χ3n) is 2.22. The van der Waals surface area contributed by atoms with Gasteiger partial charge in [0.25, 0.3) is 5.69 Å². The molecule has 0 aromatic heterocycles. The number of carbonyl (C=O) groups is 1. The van der Waals surface area contributed by atoms with Gasteiger partial charge in [-0.05, 0) is 25.5 Å². The molecule has 0 saturated heterocycles. The van der Waals surface area contributed by atoms with Crippen LogP contribution in [0.1, 0.15) is 19.8 Å². The van der Waals surface area contributed by atoms with Crippen molar-refractivity contribution in [3.8, 4) is 0 Å². The summed E-state index contributed by atoms with van der Waals surface area (Å²) in [6.07, 6.45) is -0.142. The zero-order chi connectivity index (χ0) is 13.7. The smallest absolute Gasteiger partial charge is 0.293 e. The minimum Gasteiger partial charge on any atom is -0.393 e. The molecule has 1 aromatic carbocycles. The van der Waals surface area contributed by atoms with Gasteiger partial charge in [0, 0.05) is 17.0 Å². The van der Waals surface area contributed by atoms with Crippen LogP contribution in [0.25, 0.3) is 0 Å². The zero-order valence-corrected chi connectivity index (χ0v) is 11.3. The number of rotatable bonds is 5. The normalized spacial score (nSPS) is 11.9. The lowest BCUT2D eigenvalue weighted by molar-refractivity contribution is -0.384. The minimum absolute atomic E-state index is 0.116. The van der Waals surface area contributed by atoms with Gasteiger partial charge in [0.15, 0.2) is 0 Å². The highest BCUT2D eigenvalue weighted by Gasteiger charge is 2.16. The number of aliphatic hydroxyl groups excluding tert-OH is 1. The highest BCUT2D eigenvalue weighted by Crippen LogP contribution is 2.28. The quantitative estimate of drug-likeness (QED) is 0.644. The lowest BCUT2D eigenvalue weighted by atomic mass is 10.2. The third kappa shape index (κ3) is 4.42. The molecule has 0 aliphatic carbocycles. The van der Waals surface area contributed by atoms with Crippen molar-refractivity contribution in [1.29, 1.82) is 0 Å². The standard InChI is InChI=1S/C11H13BrN2O4/c1-7(15)2-5-11(16)13-9-4-3-8(12)6-10(9)14(17)18/h3-4,6-7,15H,2,5H2,1H3,(H,13,16). The van der Waals surface area contributed by atoms with E-state index in [-0.39, 0.29) is 23.7 Å². The van der Waals surface area contributed by atoms with E-state index in [1.165, 1.54) is 12.1 Å². The molecular weight excluding hydrogens is 304 g/mol. The molecule has 18 heavy (non-hydrogen) atoms. The van der Waals surface area contributed by atoms with Gasteiger partial charge < -0.3 is 10.4 Å². The Morgan fingerprint density at radius 1 is 1.61 bits per heavy atom. The molecule has 6 nitrogen and oxygen atoms in total. The summed E-state index contributed by atoms with van der Waals surface area (Å²) >= 11 is 3.13. The molecule has 1 amide bonds. The summed E-state index contributed by atoms with van der Waals surface area (Å²) in [6.45, 7) is 1.58. The maximum atomic E-state index is 11.5. The molecule has 1 unspecified atom stereocenters. The van der Waals surface area contributed by atoms with Gasteiger partial charge in [-0.2, -0.15) is 0 Å². The fraction of sp³-hybridized carbons (Fsp3) is 0.364. The van der Waals surface area contributed by atoms with Gasteiger partial charge in [0.05, 0.1) is 11.0 Å². The fourth-order valence-corrected chi connectivity index (χ4v) is 1.66. The van der Waals surface area contributed by atoms with Crippen LogP contribution in [0.3, 0.4) is 0 Å². The number of aliphatic hydroxyl groups is 1. The average molecular weight is 317 g/mol. The predicted octanol–water partition coefficient (Wildman–Crippen LogP) is 2.46. The minimum atomic E-state index is -0.573. The number of hydrogen-bond donors (Lipinski definition) is 2. The Kier molecular flexibility index (Phi) is 5.24. The Hall–Kier alpha value is -1.47. The summed E-state index contributed by atoms with van der Waals surface area (Å²) in [5, 5.41) is 22.3. The van der Waals surface area contributed by atoms with E-state index in [9.17, 15) is 14.9 Å². The topological polar surface area (TPSA) is 92.5 Å². The molecule has 0 fully saturated rings. The number of hydrogen-bond acceptors (Lipinski definition) is 4. The summed E-state index contributed by atoms with van der Waals surface area (Å²) in [4.78, 5) is 21.8. The van der Waals surface area contributed by atoms with Crippen LogP contribution in [0.15, 0.2) is 22.7 Å². The van der Waals surface area contributed by atoms with Crippen molar-refractivity contribution < 1.29 is 14.8 Å². The molecule has 0 aliphatic rings. The first kappa shape index (κ1) is 14.6. The molecule has 0 radical (unpaired) electrons. The number of nitro benzene ring substituents is 1. The molecular formula is C11H13BrN2O4. The molecule has 0 heterocycles. The first-order chi connectivity index (χ1) is 8.40. The number of anilines is 1. The van der Waals surface area contributed by atoms with Crippen LogP contribution in [-0.4, -0.2) is 22.0 Å². The number of halogens is 1. The lowest BCUT2D eigenvalue weighted by Gasteiger charge is -2.07. The number of benzene rings is 1. The van der Waals surface area contributed by atoms with Crippen LogP contribution in [0, 0.1) is 10.1 Å². The Morgan fingerprint density at radius 2 is 2.28 bits per heavy atom. The van der Waals surface area contributed by atoms with Crippen molar-refractivity contribution in [2.45, 2.75) is 25.9 Å². The summed E-state index contributed by atoms with van der Waals surface area (Å²) < 4.78 is 0.566. The van der Waals surface area contributed by atoms with Gasteiger partial charge in [0.1, 0.15) is 5.69 Å². The van der Waals surface area contributed by atoms with Gasteiger partial charge in [-0.15, -0.1) is 0 Å². The van der Waals surface area contributed by atoms with Gasteiger partial charge in [0.2, 0.25) is 5.91 Å². The van der Waals surface area contributed by atoms with E-state index in [0.29, 0.717) is 10.9 Å². The number of nitrogens with zero attached hydrogens (tertiary/aromatic N) is 1. The summed E-state index contributed by atoms with van der Waals surface area (Å²) in [5.41, 5.74) is -0.0198. The molecule has 1 rings (SSSR count). The van der Waals surface area contributed by atoms with E-state index in [1.807, 2.05) is 0 Å². The summed E-state index contributed by atoms with van der Waals surface area (Å²) in [5.74, 6) is -0.360. The fourth-order valence-electron chi connectivity index (χ4n) is 1.31. The van der Waals surface area contributed by atoms with E-state index >= 15 is 0 Å². The molecule has 0 bridgehead atoms. The number of carbonyl (C=O) groups excluding carboxylic acids is 1. The first-order valence-corrected chi connectivity index (χ1v) is 6.11. The molecule has 1 aromatic rings. The van der Waals surface area contributed by atoms with Crippen LogP contribution in [0.4, 0.5) is 11.4 Å². The van der Waals surface area contributed by atoms with Crippen LogP contribution in [0.2, 0.25) is 0 Å². The summed E-state index contributed by atoms with van der Waals surface area (Å²) in [7, 11) is 0. The van der Waals surface area contributed by atoms with Crippen molar-refractivity contribution >= 4 is 33.2 Å². The Labute approximate surface area is 112 Å². The molecule has 0 spiro atoms. The van der Waals surface area contributed by atoms with Crippen LogP contribution in [0.5, 0.6) is 0 Å². The maximum Gasteiger partial charge on any atom is 0.293 e. The van der Waals surface area contributed by atoms with Crippen LogP contribution < -0.4 is 5.32 Å². The van der Waals surface area contributed by atoms with Crippen molar-refractivity contribution in [3.63, 3.8) is 0 Å². The van der Waals surface area contributed by atoms with Crippen molar-refractivity contribution in [3.05, 3.63) is 32.8 Å². The molecule has 0 saturated carbocycles. The lowest BCUT2D eigenvalue weighted by Crippen LogP contribution is -2.15. The number of amides is 1. The van der Waals surface area contributed by atoms with Crippen molar-refractivity contribution in [2.75, 3.05) is 5.32 Å². The van der Waals surface area contributed by atoms with Gasteiger partial charge in [-0.3, -0.25) is 14.9 Å². The van der Waals surface area contributed by atoms with Crippen LogP contribution >= 0.6 is 15.9 Å². The highest BCUT2D eigenvalue weighted by atomic mass is 79.9. The van der Waals surface area contributed by atoms with Crippen LogP contribution in [-0.2, 0) is 4.79 Å². The number of nitro groups is 1. The van der Waals surface area contributed by atoms with E-state index in [0.717, 1.165) is 0 Å². The SMILES string of the molecule is CC(O)CCC(=O)Nc1ccc(Br)cc1[N+](=O)[O-]. The van der Waals surface area contributed by atoms with Gasteiger partial charge in [-0.25, -0.2) is 0 Å². The second-order valence-electron chi connectivity index (χ2n) is 3.85. The van der Waals surface area contributed by atoms with Crippen molar-refractivity contribution in [2.24, 2.45) is 0 Å². The monoisotopic (exact) mass is 316 g/mol. The maximum absolute atomic E-state index is 11.5. The van der Waals surface area contributed by atoms with Gasteiger partial charge >= 0.3 is 0 Å². The Morgan fingerprint density at radius 3 is 2.83 bits per heavy atom. The first-order valence-electron chi connectivity index (χ1n) is 5.32. The zero-order valence-electron chi connectivity index (χ0n) is 9.72. The third-order valence-corrected chi connectivity index (χ3v) is 2.71. The Bertz CT molecular complexity index is 462. The van der Waals surface area contributed by atoms with Gasteiger partial charge in [-0.1, -0.05) is 15.9 Å². The Balaban J connectivity index is 2.78. The van der Waals surface area contributed by atoms with E-state index in [1.54, 1.807) is 13.0 Å². The highest BCUT2D eigenvalue weighted by molar-refractivity contribution is 9.10. The largest absolute Gasteiger partial charge is 0.393 e. The molecule has 2 N–H and O–H groups in total. The second-order valence-corrected chi connectivity index (χ2v) is 4.77. The summed E-state index contributed by atoms with van der Waals surface area (Å²) in [6, 6.07) is 4.39. The molecule has 1 atom stereocenters. The second kappa shape index (κ2) is 6.46. The van der Waals surface area contributed by atoms with Crippen molar-refractivity contribution in [1.82, 2.24) is 0 Å². The molecule has 7 heteroatoms. The molecule has 0 aliphatic heterocycles. The number of nitrogens with one attached hydrogen (secondary N) is 1. The predicted molar refractivity (Wildman–Crippen MR) is 70.3 cm³/mol. The van der Waals surface area contributed by atoms with E-state index < -0.39 is 11.0 Å². The van der Waals surface area contributed by atoms with E-state index in [2.05, 4.69) is 21.2 Å².